The number of nitrogens with one attached hydrogen (secondary N) is 1. The molecule has 0 spiro atoms. The number of aliphatic hydroxyl groups excluding tert-OH is 1. The van der Waals surface area contributed by atoms with Crippen molar-refractivity contribution in [3.63, 3.8) is 0 Å². The molecule has 0 bridgehead atoms. The molecule has 4 N–H and O–H groups in total. The van der Waals surface area contributed by atoms with Crippen LogP contribution >= 0.6 is 0 Å². The van der Waals surface area contributed by atoms with Gasteiger partial charge in [-0.1, -0.05) is 32.1 Å². The molecule has 8 nitrogen and oxygen atoms in total. The number of sulfonamides is 1. The van der Waals surface area contributed by atoms with E-state index >= 15 is 0 Å². The van der Waals surface area contributed by atoms with Crippen LogP contribution in [0, 0.1) is 5.92 Å². The zero-order valence-corrected chi connectivity index (χ0v) is 16.5. The van der Waals surface area contributed by atoms with Crippen molar-refractivity contribution in [2.24, 2.45) is 11.7 Å². The van der Waals surface area contributed by atoms with Gasteiger partial charge in [0.05, 0.1) is 18.2 Å². The van der Waals surface area contributed by atoms with E-state index in [9.17, 15) is 18.3 Å². The zero-order valence-electron chi connectivity index (χ0n) is 15.7. The van der Waals surface area contributed by atoms with E-state index in [1.165, 1.54) is 12.3 Å². The Morgan fingerprint density at radius 2 is 2.15 bits per heavy atom. The molecular formula is C18H28N4O4S. The molecule has 150 valence electrons. The SMILES string of the molecule is CC(C)C[C@H](N)C(=O)NC1CC=CCN(S(=O)(=O)c2ccccn2)CC1O. The van der Waals surface area contributed by atoms with Crippen LogP contribution in [0.4, 0.5) is 0 Å². The predicted molar refractivity (Wildman–Crippen MR) is 102 cm³/mol. The smallest absolute Gasteiger partial charge is 0.260 e. The summed E-state index contributed by atoms with van der Waals surface area (Å²) >= 11 is 0. The van der Waals surface area contributed by atoms with Crippen molar-refractivity contribution < 1.29 is 18.3 Å². The molecule has 2 heterocycles. The summed E-state index contributed by atoms with van der Waals surface area (Å²) in [7, 11) is -3.85. The Morgan fingerprint density at radius 3 is 2.78 bits per heavy atom. The highest BCUT2D eigenvalue weighted by molar-refractivity contribution is 7.89. The average molecular weight is 397 g/mol. The van der Waals surface area contributed by atoms with Gasteiger partial charge in [0.25, 0.3) is 10.0 Å². The van der Waals surface area contributed by atoms with E-state index in [1.807, 2.05) is 13.8 Å². The summed E-state index contributed by atoms with van der Waals surface area (Å²) in [6, 6.07) is 3.35. The van der Waals surface area contributed by atoms with Crippen molar-refractivity contribution in [3.05, 3.63) is 36.5 Å². The fourth-order valence-electron chi connectivity index (χ4n) is 2.89. The summed E-state index contributed by atoms with van der Waals surface area (Å²) in [5.74, 6) is -0.0761. The first kappa shape index (κ1) is 21.5. The molecule has 1 aromatic rings. The summed E-state index contributed by atoms with van der Waals surface area (Å²) in [5.41, 5.74) is 5.90. The molecule has 9 heteroatoms. The molecule has 0 aliphatic carbocycles. The largest absolute Gasteiger partial charge is 0.390 e. The van der Waals surface area contributed by atoms with Crippen LogP contribution in [0.2, 0.25) is 0 Å². The lowest BCUT2D eigenvalue weighted by Gasteiger charge is -2.30. The van der Waals surface area contributed by atoms with Gasteiger partial charge in [0, 0.05) is 19.3 Å². The third kappa shape index (κ3) is 5.83. The molecular weight excluding hydrogens is 368 g/mol. The van der Waals surface area contributed by atoms with Crippen molar-refractivity contribution in [1.29, 1.82) is 0 Å². The Hall–Kier alpha value is -1.81. The summed E-state index contributed by atoms with van der Waals surface area (Å²) in [5, 5.41) is 13.2. The molecule has 27 heavy (non-hydrogen) atoms. The molecule has 1 aliphatic heterocycles. The molecule has 3 atom stereocenters. The molecule has 1 aliphatic rings. The van der Waals surface area contributed by atoms with Crippen LogP contribution in [0.1, 0.15) is 26.7 Å². The minimum atomic E-state index is -3.85. The number of nitrogens with two attached hydrogens (primary N) is 1. The van der Waals surface area contributed by atoms with Crippen LogP contribution in [0.25, 0.3) is 0 Å². The maximum absolute atomic E-state index is 12.8. The second-order valence-corrected chi connectivity index (χ2v) is 9.00. The van der Waals surface area contributed by atoms with E-state index in [0.29, 0.717) is 12.8 Å². The lowest BCUT2D eigenvalue weighted by molar-refractivity contribution is -0.124. The number of carbonyl (C=O) groups is 1. The highest BCUT2D eigenvalue weighted by Crippen LogP contribution is 2.17. The predicted octanol–water partition coefficient (Wildman–Crippen LogP) is 0.251. The number of hydrogen-bond donors (Lipinski definition) is 3. The minimum Gasteiger partial charge on any atom is -0.390 e. The fraction of sp³-hybridized carbons (Fsp3) is 0.556. The van der Waals surface area contributed by atoms with Gasteiger partial charge in [0.15, 0.2) is 5.03 Å². The van der Waals surface area contributed by atoms with Gasteiger partial charge in [-0.15, -0.1) is 0 Å². The number of nitrogens with zero attached hydrogens (tertiary/aromatic N) is 2. The summed E-state index contributed by atoms with van der Waals surface area (Å²) in [6.45, 7) is 3.93. The van der Waals surface area contributed by atoms with E-state index in [1.54, 1.807) is 24.3 Å². The van der Waals surface area contributed by atoms with Crippen molar-refractivity contribution in [2.45, 2.75) is 49.9 Å². The maximum Gasteiger partial charge on any atom is 0.260 e. The van der Waals surface area contributed by atoms with E-state index in [0.717, 1.165) is 4.31 Å². The summed E-state index contributed by atoms with van der Waals surface area (Å²) < 4.78 is 26.7. The first-order valence-corrected chi connectivity index (χ1v) is 10.5. The van der Waals surface area contributed by atoms with Crippen LogP contribution in [0.3, 0.4) is 0 Å². The molecule has 1 aromatic heterocycles. The molecule has 0 aromatic carbocycles. The van der Waals surface area contributed by atoms with Gasteiger partial charge in [0.1, 0.15) is 0 Å². The molecule has 0 fully saturated rings. The molecule has 0 saturated heterocycles. The topological polar surface area (TPSA) is 126 Å². The average Bonchev–Trinajstić information content (AvgIpc) is 2.61. The second-order valence-electron chi connectivity index (χ2n) is 7.12. The van der Waals surface area contributed by atoms with Crippen LogP contribution in [0.15, 0.2) is 41.6 Å². The Kier molecular flexibility index (Phi) is 7.49. The molecule has 0 radical (unpaired) electrons. The zero-order chi connectivity index (χ0) is 20.0. The Balaban J connectivity index is 2.11. The fourth-order valence-corrected chi connectivity index (χ4v) is 4.23. The van der Waals surface area contributed by atoms with E-state index in [-0.39, 0.29) is 29.9 Å². The first-order chi connectivity index (χ1) is 12.7. The number of amides is 1. The Bertz CT molecular complexity index is 752. The highest BCUT2D eigenvalue weighted by atomic mass is 32.2. The van der Waals surface area contributed by atoms with Gasteiger partial charge in [-0.25, -0.2) is 13.4 Å². The van der Waals surface area contributed by atoms with Crippen LogP contribution in [-0.4, -0.2) is 60.0 Å². The minimum absolute atomic E-state index is 0.0780. The number of hydrogen-bond acceptors (Lipinski definition) is 6. The molecule has 1 amide bonds. The first-order valence-electron chi connectivity index (χ1n) is 9.02. The van der Waals surface area contributed by atoms with Crippen molar-refractivity contribution >= 4 is 15.9 Å². The van der Waals surface area contributed by atoms with Crippen LogP contribution in [0.5, 0.6) is 0 Å². The lowest BCUT2D eigenvalue weighted by atomic mass is 10.0. The Morgan fingerprint density at radius 1 is 1.41 bits per heavy atom. The molecule has 2 rings (SSSR count). The van der Waals surface area contributed by atoms with Crippen molar-refractivity contribution in [3.8, 4) is 0 Å². The molecule has 0 saturated carbocycles. The monoisotopic (exact) mass is 396 g/mol. The second kappa shape index (κ2) is 9.41. The number of aliphatic hydroxyl groups is 1. The van der Waals surface area contributed by atoms with E-state index in [2.05, 4.69) is 10.3 Å². The number of aromatic nitrogens is 1. The van der Waals surface area contributed by atoms with Crippen LogP contribution in [-0.2, 0) is 14.8 Å². The summed E-state index contributed by atoms with van der Waals surface area (Å²) in [6.07, 6.45) is 4.73. The third-order valence-electron chi connectivity index (χ3n) is 4.35. The maximum atomic E-state index is 12.8. The van der Waals surface area contributed by atoms with Gasteiger partial charge in [-0.3, -0.25) is 4.79 Å². The van der Waals surface area contributed by atoms with E-state index < -0.39 is 28.2 Å². The quantitative estimate of drug-likeness (QED) is 0.592. The van der Waals surface area contributed by atoms with Crippen LogP contribution < -0.4 is 11.1 Å². The highest BCUT2D eigenvalue weighted by Gasteiger charge is 2.32. The van der Waals surface area contributed by atoms with Gasteiger partial charge < -0.3 is 16.2 Å². The van der Waals surface area contributed by atoms with Gasteiger partial charge >= 0.3 is 0 Å². The summed E-state index contributed by atoms with van der Waals surface area (Å²) in [4.78, 5) is 16.2. The van der Waals surface area contributed by atoms with E-state index in [4.69, 9.17) is 5.73 Å². The standard InChI is InChI=1S/C18H28N4O4S/c1-13(2)11-14(19)18(24)21-15-7-4-6-10-22(12-16(15)23)27(25,26)17-8-3-5-9-20-17/h3-6,8-9,13-16,23H,7,10-12,19H2,1-2H3,(H,21,24)/t14-,15?,16?/m0/s1. The lowest BCUT2D eigenvalue weighted by Crippen LogP contribution is -2.53. The molecule has 2 unspecified atom stereocenters. The van der Waals surface area contributed by atoms with Crippen molar-refractivity contribution in [2.75, 3.05) is 13.1 Å². The van der Waals surface area contributed by atoms with Crippen molar-refractivity contribution in [1.82, 2.24) is 14.6 Å². The number of rotatable bonds is 6. The van der Waals surface area contributed by atoms with Gasteiger partial charge in [0.2, 0.25) is 5.91 Å². The van der Waals surface area contributed by atoms with Gasteiger partial charge in [-0.05, 0) is 30.9 Å². The normalized spacial score (nSPS) is 22.9. The number of β-amino-alcohol motifs (C(OH)–C–C–N with tert-alkyl or cyclic N) is 1. The van der Waals surface area contributed by atoms with Gasteiger partial charge in [-0.2, -0.15) is 4.31 Å². The third-order valence-corrected chi connectivity index (χ3v) is 6.10. The Labute approximate surface area is 160 Å². The number of carbonyl (C=O) groups excluding carboxylic acids is 1. The number of pyridine rings is 1.